The van der Waals surface area contributed by atoms with E-state index in [2.05, 4.69) is 24.4 Å². The van der Waals surface area contributed by atoms with Crippen molar-refractivity contribution in [3.63, 3.8) is 0 Å². The Morgan fingerprint density at radius 3 is 2.55 bits per heavy atom. The van der Waals surface area contributed by atoms with Crippen LogP contribution in [0, 0.1) is 0 Å². The van der Waals surface area contributed by atoms with E-state index in [1.807, 2.05) is 28.2 Å². The van der Waals surface area contributed by atoms with Crippen LogP contribution >= 0.6 is 12.2 Å². The molecule has 1 amide bonds. The molecule has 1 aromatic rings. The van der Waals surface area contributed by atoms with E-state index in [4.69, 9.17) is 12.2 Å². The van der Waals surface area contributed by atoms with Crippen LogP contribution in [0.3, 0.4) is 0 Å². The van der Waals surface area contributed by atoms with Crippen LogP contribution in [0.1, 0.15) is 38.2 Å². The zero-order valence-corrected chi connectivity index (χ0v) is 13.9. The molecule has 2 fully saturated rings. The van der Waals surface area contributed by atoms with Gasteiger partial charge in [0.15, 0.2) is 5.11 Å². The lowest BCUT2D eigenvalue weighted by atomic mass is 9.95. The number of thiocarbonyl (C=S) groups is 1. The molecule has 1 aromatic carbocycles. The summed E-state index contributed by atoms with van der Waals surface area (Å²) in [5.74, 6) is 0.205. The van der Waals surface area contributed by atoms with Crippen molar-refractivity contribution in [1.82, 2.24) is 15.3 Å². The molecule has 0 atom stereocenters. The van der Waals surface area contributed by atoms with Crippen molar-refractivity contribution < 1.29 is 4.79 Å². The summed E-state index contributed by atoms with van der Waals surface area (Å²) >= 11 is 5.46. The van der Waals surface area contributed by atoms with Crippen molar-refractivity contribution in [2.75, 3.05) is 19.6 Å². The van der Waals surface area contributed by atoms with Crippen LogP contribution in [0.4, 0.5) is 0 Å². The van der Waals surface area contributed by atoms with Crippen LogP contribution in [0.2, 0.25) is 0 Å². The van der Waals surface area contributed by atoms with Crippen LogP contribution < -0.4 is 5.32 Å². The number of nitrogens with zero attached hydrogens (tertiary/aromatic N) is 2. The normalized spacial score (nSPS) is 19.1. The summed E-state index contributed by atoms with van der Waals surface area (Å²) in [6, 6.07) is 10.2. The second kappa shape index (κ2) is 6.24. The van der Waals surface area contributed by atoms with Gasteiger partial charge in [0.1, 0.15) is 0 Å². The van der Waals surface area contributed by atoms with Crippen molar-refractivity contribution in [2.45, 2.75) is 38.0 Å². The van der Waals surface area contributed by atoms with Crippen molar-refractivity contribution in [2.24, 2.45) is 0 Å². The van der Waals surface area contributed by atoms with Gasteiger partial charge in [-0.2, -0.15) is 0 Å². The van der Waals surface area contributed by atoms with Gasteiger partial charge in [-0.1, -0.05) is 37.3 Å². The molecule has 5 heteroatoms. The lowest BCUT2D eigenvalue weighted by Gasteiger charge is -2.33. The Labute approximate surface area is 137 Å². The molecule has 1 aliphatic carbocycles. The number of hydrazine groups is 1. The quantitative estimate of drug-likeness (QED) is 0.865. The third-order valence-corrected chi connectivity index (χ3v) is 4.87. The van der Waals surface area contributed by atoms with E-state index in [0.29, 0.717) is 5.11 Å². The molecule has 1 saturated carbocycles. The van der Waals surface area contributed by atoms with Gasteiger partial charge >= 0.3 is 0 Å². The molecular formula is C17H23N3OS. The zero-order chi connectivity index (χ0) is 15.6. The molecule has 1 saturated heterocycles. The van der Waals surface area contributed by atoms with E-state index in [1.54, 1.807) is 0 Å². The number of carbonyl (C=O) groups is 1. The summed E-state index contributed by atoms with van der Waals surface area (Å²) < 4.78 is 0. The molecule has 22 heavy (non-hydrogen) atoms. The van der Waals surface area contributed by atoms with E-state index >= 15 is 0 Å². The molecule has 0 unspecified atom stereocenters. The number of amides is 1. The van der Waals surface area contributed by atoms with E-state index in [0.717, 1.165) is 50.9 Å². The van der Waals surface area contributed by atoms with Crippen molar-refractivity contribution in [3.05, 3.63) is 35.9 Å². The van der Waals surface area contributed by atoms with Gasteiger partial charge in [0.25, 0.3) is 5.91 Å². The van der Waals surface area contributed by atoms with Crippen LogP contribution in [0.25, 0.3) is 0 Å². The first-order chi connectivity index (χ1) is 10.7. The Kier molecular flexibility index (Phi) is 4.34. The predicted octanol–water partition coefficient (Wildman–Crippen LogP) is 2.45. The second-order valence-corrected chi connectivity index (χ2v) is 6.47. The van der Waals surface area contributed by atoms with Crippen molar-refractivity contribution in [1.29, 1.82) is 0 Å². The highest BCUT2D eigenvalue weighted by Crippen LogP contribution is 2.50. The molecular weight excluding hydrogens is 294 g/mol. The van der Waals surface area contributed by atoms with Crippen molar-refractivity contribution in [3.8, 4) is 0 Å². The maximum atomic E-state index is 13.1. The van der Waals surface area contributed by atoms with Crippen molar-refractivity contribution >= 4 is 23.2 Å². The number of rotatable bonds is 4. The lowest BCUT2D eigenvalue weighted by molar-refractivity contribution is -0.141. The minimum atomic E-state index is -0.315. The monoisotopic (exact) mass is 317 g/mol. The fraction of sp³-hybridized carbons (Fsp3) is 0.529. The van der Waals surface area contributed by atoms with Gasteiger partial charge in [0.05, 0.1) is 5.41 Å². The lowest BCUT2D eigenvalue weighted by Crippen LogP contribution is -2.52. The summed E-state index contributed by atoms with van der Waals surface area (Å²) in [6.45, 7) is 4.55. The number of nitrogens with one attached hydrogen (secondary N) is 1. The Morgan fingerprint density at radius 2 is 1.91 bits per heavy atom. The highest BCUT2D eigenvalue weighted by molar-refractivity contribution is 7.80. The maximum absolute atomic E-state index is 13.1. The van der Waals surface area contributed by atoms with Gasteiger partial charge in [0.2, 0.25) is 0 Å². The second-order valence-electron chi connectivity index (χ2n) is 6.09. The first-order valence-electron chi connectivity index (χ1n) is 8.12. The highest BCUT2D eigenvalue weighted by atomic mass is 32.1. The Hall–Kier alpha value is -1.62. The third-order valence-electron chi connectivity index (χ3n) is 4.51. The molecule has 1 aliphatic heterocycles. The molecule has 1 heterocycles. The standard InChI is InChI=1S/C17H23N3OS/c1-2-11-18-16(22)20-13-6-12-19(20)15(21)17(9-10-17)14-7-4-3-5-8-14/h3-5,7-8H,2,6,9-13H2,1H3,(H,18,22). The summed E-state index contributed by atoms with van der Waals surface area (Å²) in [4.78, 5) is 13.1. The van der Waals surface area contributed by atoms with Gasteiger partial charge in [0, 0.05) is 19.6 Å². The first-order valence-corrected chi connectivity index (χ1v) is 8.52. The third kappa shape index (κ3) is 2.70. The molecule has 3 rings (SSSR count). The number of carbonyl (C=O) groups excluding carboxylic acids is 1. The minimum Gasteiger partial charge on any atom is -0.361 e. The summed E-state index contributed by atoms with van der Waals surface area (Å²) in [5.41, 5.74) is 0.823. The van der Waals surface area contributed by atoms with E-state index < -0.39 is 0 Å². The van der Waals surface area contributed by atoms with Gasteiger partial charge in [-0.05, 0) is 43.5 Å². The van der Waals surface area contributed by atoms with Crippen LogP contribution in [0.15, 0.2) is 30.3 Å². The largest absolute Gasteiger partial charge is 0.361 e. The van der Waals surface area contributed by atoms with Crippen LogP contribution in [-0.4, -0.2) is 40.7 Å². The predicted molar refractivity (Wildman–Crippen MR) is 91.3 cm³/mol. The summed E-state index contributed by atoms with van der Waals surface area (Å²) in [7, 11) is 0. The average molecular weight is 317 g/mol. The molecule has 118 valence electrons. The first kappa shape index (κ1) is 15.3. The van der Waals surface area contributed by atoms with Crippen LogP contribution in [0.5, 0.6) is 0 Å². The van der Waals surface area contributed by atoms with Gasteiger partial charge in [-0.3, -0.25) is 14.8 Å². The molecule has 0 radical (unpaired) electrons. The molecule has 1 N–H and O–H groups in total. The summed E-state index contributed by atoms with van der Waals surface area (Å²) in [6.07, 6.45) is 3.88. The molecule has 0 spiro atoms. The van der Waals surface area contributed by atoms with Gasteiger partial charge < -0.3 is 5.32 Å². The summed E-state index contributed by atoms with van der Waals surface area (Å²) in [5, 5.41) is 7.73. The number of hydrogen-bond acceptors (Lipinski definition) is 2. The minimum absolute atomic E-state index is 0.205. The van der Waals surface area contributed by atoms with E-state index in [9.17, 15) is 4.79 Å². The number of hydrogen-bond donors (Lipinski definition) is 1. The van der Waals surface area contributed by atoms with E-state index in [1.165, 1.54) is 0 Å². The molecule has 2 aliphatic rings. The molecule has 0 bridgehead atoms. The van der Waals surface area contributed by atoms with Crippen LogP contribution in [-0.2, 0) is 10.2 Å². The van der Waals surface area contributed by atoms with Gasteiger partial charge in [-0.25, -0.2) is 0 Å². The topological polar surface area (TPSA) is 35.6 Å². The Balaban J connectivity index is 1.75. The fourth-order valence-electron chi connectivity index (χ4n) is 3.11. The number of benzene rings is 1. The Bertz CT molecular complexity index is 556. The maximum Gasteiger partial charge on any atom is 0.251 e. The fourth-order valence-corrected chi connectivity index (χ4v) is 3.40. The van der Waals surface area contributed by atoms with E-state index in [-0.39, 0.29) is 11.3 Å². The van der Waals surface area contributed by atoms with Gasteiger partial charge in [-0.15, -0.1) is 0 Å². The zero-order valence-electron chi connectivity index (χ0n) is 13.0. The smallest absolute Gasteiger partial charge is 0.251 e. The average Bonchev–Trinajstić information content (AvgIpc) is 3.23. The SMILES string of the molecule is CCCNC(=S)N1CCCN1C(=O)C1(c2ccccc2)CC1. The Morgan fingerprint density at radius 1 is 1.23 bits per heavy atom. The molecule has 0 aromatic heterocycles. The molecule has 4 nitrogen and oxygen atoms in total. The highest BCUT2D eigenvalue weighted by Gasteiger charge is 2.54.